The predicted molar refractivity (Wildman–Crippen MR) is 67.9 cm³/mol. The molecule has 0 spiro atoms. The Kier molecular flexibility index (Phi) is 4.00. The summed E-state index contributed by atoms with van der Waals surface area (Å²) in [6.07, 6.45) is 6.02. The summed E-state index contributed by atoms with van der Waals surface area (Å²) < 4.78 is 5.58. The van der Waals surface area contributed by atoms with Crippen molar-refractivity contribution >= 4 is 0 Å². The highest BCUT2D eigenvalue weighted by molar-refractivity contribution is 5.37. The van der Waals surface area contributed by atoms with Crippen molar-refractivity contribution in [3.05, 3.63) is 24.0 Å². The number of nitrogens with one attached hydrogen (secondary N) is 1. The van der Waals surface area contributed by atoms with Crippen LogP contribution in [-0.4, -0.2) is 23.7 Å². The SMILES string of the molecule is CC(C)Oc1cncc(C#CC2CCCN2)c1. The summed E-state index contributed by atoms with van der Waals surface area (Å²) in [5.74, 6) is 7.15. The van der Waals surface area contributed by atoms with E-state index in [9.17, 15) is 0 Å². The van der Waals surface area contributed by atoms with Crippen LogP contribution in [0.25, 0.3) is 0 Å². The molecule has 1 aliphatic heterocycles. The third-order valence-electron chi connectivity index (χ3n) is 2.54. The third-order valence-corrected chi connectivity index (χ3v) is 2.54. The fourth-order valence-corrected chi connectivity index (χ4v) is 1.80. The first-order valence-electron chi connectivity index (χ1n) is 6.10. The average Bonchev–Trinajstić information content (AvgIpc) is 2.79. The van der Waals surface area contributed by atoms with Crippen molar-refractivity contribution in [3.63, 3.8) is 0 Å². The molecule has 0 bridgehead atoms. The molecule has 17 heavy (non-hydrogen) atoms. The smallest absolute Gasteiger partial charge is 0.139 e. The van der Waals surface area contributed by atoms with Gasteiger partial charge in [0.25, 0.3) is 0 Å². The lowest BCUT2D eigenvalue weighted by Crippen LogP contribution is -2.18. The van der Waals surface area contributed by atoms with E-state index in [-0.39, 0.29) is 6.10 Å². The van der Waals surface area contributed by atoms with E-state index in [1.807, 2.05) is 19.9 Å². The summed E-state index contributed by atoms with van der Waals surface area (Å²) in [4.78, 5) is 4.14. The van der Waals surface area contributed by atoms with Gasteiger partial charge >= 0.3 is 0 Å². The van der Waals surface area contributed by atoms with E-state index < -0.39 is 0 Å². The quantitative estimate of drug-likeness (QED) is 0.789. The molecule has 1 unspecified atom stereocenters. The standard InChI is InChI=1S/C14H18N2O/c1-11(2)17-14-8-12(9-15-10-14)5-6-13-4-3-7-16-13/h8-11,13,16H,3-4,7H2,1-2H3. The fraction of sp³-hybridized carbons (Fsp3) is 0.500. The maximum atomic E-state index is 5.58. The number of rotatable bonds is 2. The van der Waals surface area contributed by atoms with Crippen molar-refractivity contribution in [2.45, 2.75) is 38.8 Å². The molecule has 1 atom stereocenters. The number of aromatic nitrogens is 1. The van der Waals surface area contributed by atoms with Crippen molar-refractivity contribution in [2.24, 2.45) is 0 Å². The highest BCUT2D eigenvalue weighted by Gasteiger charge is 2.09. The summed E-state index contributed by atoms with van der Waals surface area (Å²) in [5.41, 5.74) is 0.914. The van der Waals surface area contributed by atoms with E-state index in [0.29, 0.717) is 6.04 Å². The number of hydrogen-bond donors (Lipinski definition) is 1. The minimum Gasteiger partial charge on any atom is -0.489 e. The Labute approximate surface area is 103 Å². The Morgan fingerprint density at radius 3 is 3.06 bits per heavy atom. The van der Waals surface area contributed by atoms with Crippen LogP contribution in [0.2, 0.25) is 0 Å². The summed E-state index contributed by atoms with van der Waals surface area (Å²) in [5, 5.41) is 3.35. The summed E-state index contributed by atoms with van der Waals surface area (Å²) >= 11 is 0. The zero-order valence-corrected chi connectivity index (χ0v) is 10.4. The van der Waals surface area contributed by atoms with Crippen LogP contribution in [0.1, 0.15) is 32.3 Å². The van der Waals surface area contributed by atoms with Gasteiger partial charge in [-0.05, 0) is 39.3 Å². The van der Waals surface area contributed by atoms with E-state index in [1.165, 1.54) is 6.42 Å². The highest BCUT2D eigenvalue weighted by Crippen LogP contribution is 2.12. The summed E-state index contributed by atoms with van der Waals surface area (Å²) in [6.45, 7) is 5.08. The van der Waals surface area contributed by atoms with E-state index in [1.54, 1.807) is 12.4 Å². The average molecular weight is 230 g/mol. The number of nitrogens with zero attached hydrogens (tertiary/aromatic N) is 1. The lowest BCUT2D eigenvalue weighted by atomic mass is 10.2. The van der Waals surface area contributed by atoms with Crippen molar-refractivity contribution in [1.82, 2.24) is 10.3 Å². The minimum atomic E-state index is 0.163. The molecule has 1 saturated heterocycles. The molecule has 90 valence electrons. The largest absolute Gasteiger partial charge is 0.489 e. The molecule has 0 aliphatic carbocycles. The molecule has 0 amide bonds. The Bertz CT molecular complexity index is 425. The van der Waals surface area contributed by atoms with E-state index in [2.05, 4.69) is 22.1 Å². The maximum Gasteiger partial charge on any atom is 0.139 e. The molecular formula is C14H18N2O. The first kappa shape index (κ1) is 11.9. The molecule has 2 heterocycles. The number of pyridine rings is 1. The van der Waals surface area contributed by atoms with Crippen LogP contribution in [0.3, 0.4) is 0 Å². The van der Waals surface area contributed by atoms with Gasteiger partial charge in [-0.1, -0.05) is 11.8 Å². The Morgan fingerprint density at radius 1 is 1.47 bits per heavy atom. The van der Waals surface area contributed by atoms with Gasteiger partial charge in [-0.15, -0.1) is 0 Å². The number of ether oxygens (including phenoxy) is 1. The van der Waals surface area contributed by atoms with Gasteiger partial charge in [0, 0.05) is 11.8 Å². The van der Waals surface area contributed by atoms with Gasteiger partial charge in [-0.2, -0.15) is 0 Å². The van der Waals surface area contributed by atoms with Gasteiger partial charge in [-0.3, -0.25) is 4.98 Å². The lowest BCUT2D eigenvalue weighted by molar-refractivity contribution is 0.241. The Balaban J connectivity index is 2.04. The normalized spacial score (nSPS) is 18.9. The van der Waals surface area contributed by atoms with Gasteiger partial charge in [0.15, 0.2) is 0 Å². The summed E-state index contributed by atoms with van der Waals surface area (Å²) in [7, 11) is 0. The van der Waals surface area contributed by atoms with E-state index in [4.69, 9.17) is 4.74 Å². The van der Waals surface area contributed by atoms with Crippen molar-refractivity contribution in [2.75, 3.05) is 6.54 Å². The second-order valence-electron chi connectivity index (χ2n) is 4.49. The topological polar surface area (TPSA) is 34.1 Å². The molecule has 1 aromatic heterocycles. The summed E-state index contributed by atoms with van der Waals surface area (Å²) in [6, 6.07) is 2.28. The number of hydrogen-bond acceptors (Lipinski definition) is 3. The molecule has 3 nitrogen and oxygen atoms in total. The van der Waals surface area contributed by atoms with Crippen LogP contribution in [0.15, 0.2) is 18.5 Å². The monoisotopic (exact) mass is 230 g/mol. The Hall–Kier alpha value is -1.53. The minimum absolute atomic E-state index is 0.163. The predicted octanol–water partition coefficient (Wildman–Crippen LogP) is 1.97. The van der Waals surface area contributed by atoms with Crippen LogP contribution in [0.4, 0.5) is 0 Å². The zero-order valence-electron chi connectivity index (χ0n) is 10.4. The lowest BCUT2D eigenvalue weighted by Gasteiger charge is -2.08. The van der Waals surface area contributed by atoms with Crippen molar-refractivity contribution in [1.29, 1.82) is 0 Å². The molecule has 3 heteroatoms. The van der Waals surface area contributed by atoms with Crippen LogP contribution < -0.4 is 10.1 Å². The molecular weight excluding hydrogens is 212 g/mol. The van der Waals surface area contributed by atoms with Crippen LogP contribution in [-0.2, 0) is 0 Å². The maximum absolute atomic E-state index is 5.58. The molecule has 1 aliphatic rings. The van der Waals surface area contributed by atoms with Crippen molar-refractivity contribution < 1.29 is 4.74 Å². The first-order chi connectivity index (χ1) is 8.24. The van der Waals surface area contributed by atoms with Gasteiger partial charge in [-0.25, -0.2) is 0 Å². The van der Waals surface area contributed by atoms with Crippen LogP contribution in [0, 0.1) is 11.8 Å². The van der Waals surface area contributed by atoms with E-state index in [0.717, 1.165) is 24.3 Å². The molecule has 1 aromatic rings. The second-order valence-corrected chi connectivity index (χ2v) is 4.49. The van der Waals surface area contributed by atoms with Crippen LogP contribution >= 0.6 is 0 Å². The van der Waals surface area contributed by atoms with Gasteiger partial charge < -0.3 is 10.1 Å². The van der Waals surface area contributed by atoms with Crippen molar-refractivity contribution in [3.8, 4) is 17.6 Å². The Morgan fingerprint density at radius 2 is 2.35 bits per heavy atom. The third kappa shape index (κ3) is 3.76. The highest BCUT2D eigenvalue weighted by atomic mass is 16.5. The van der Waals surface area contributed by atoms with Gasteiger partial charge in [0.2, 0.25) is 0 Å². The van der Waals surface area contributed by atoms with Gasteiger partial charge in [0.05, 0.1) is 18.3 Å². The van der Waals surface area contributed by atoms with E-state index >= 15 is 0 Å². The molecule has 0 saturated carbocycles. The molecule has 2 rings (SSSR count). The molecule has 1 fully saturated rings. The molecule has 1 N–H and O–H groups in total. The van der Waals surface area contributed by atoms with Gasteiger partial charge in [0.1, 0.15) is 5.75 Å². The first-order valence-corrected chi connectivity index (χ1v) is 6.10. The fourth-order valence-electron chi connectivity index (χ4n) is 1.80. The molecule has 0 aromatic carbocycles. The molecule has 0 radical (unpaired) electrons. The zero-order chi connectivity index (χ0) is 12.1. The second kappa shape index (κ2) is 5.70. The van der Waals surface area contributed by atoms with Crippen LogP contribution in [0.5, 0.6) is 5.75 Å².